The van der Waals surface area contributed by atoms with Crippen LogP contribution in [-0.2, 0) is 4.79 Å². The van der Waals surface area contributed by atoms with Crippen LogP contribution in [0.2, 0.25) is 0 Å². The first-order valence-corrected chi connectivity index (χ1v) is 10.3. The predicted octanol–water partition coefficient (Wildman–Crippen LogP) is 3.24. The fraction of sp³-hybridized carbons (Fsp3) is 0.304. The Balaban J connectivity index is 1.75. The van der Waals surface area contributed by atoms with Crippen molar-refractivity contribution in [2.24, 2.45) is 0 Å². The average Bonchev–Trinajstić information content (AvgIpc) is 2.73. The first-order chi connectivity index (χ1) is 14.9. The van der Waals surface area contributed by atoms with Gasteiger partial charge in [-0.3, -0.25) is 4.79 Å². The van der Waals surface area contributed by atoms with Gasteiger partial charge >= 0.3 is 0 Å². The standard InChI is InChI=1S/C23H25N7O/c1-14-5-3-7-20-21(14)28-23(27-19-10-16(12-24)9-17(25)11-19)29-22(20)30-8-4-6-18(13-30)26-15(2)31/h3,5,7,9-11,18H,4,6,8,13,25H2,1-2H3,(H,26,31)(H,27,28,29). The minimum atomic E-state index is -0.0208. The number of benzene rings is 2. The quantitative estimate of drug-likeness (QED) is 0.560. The van der Waals surface area contributed by atoms with Crippen LogP contribution >= 0.6 is 0 Å². The summed E-state index contributed by atoms with van der Waals surface area (Å²) >= 11 is 0. The molecule has 31 heavy (non-hydrogen) atoms. The number of carbonyl (C=O) groups excluding carboxylic acids is 1. The third-order valence-corrected chi connectivity index (χ3v) is 5.38. The SMILES string of the molecule is CC(=O)NC1CCCN(c2nc(Nc3cc(N)cc(C#N)c3)nc3c(C)cccc23)C1. The molecule has 1 aliphatic heterocycles. The first kappa shape index (κ1) is 20.4. The predicted molar refractivity (Wildman–Crippen MR) is 122 cm³/mol. The van der Waals surface area contributed by atoms with Crippen LogP contribution in [0.25, 0.3) is 10.9 Å². The summed E-state index contributed by atoms with van der Waals surface area (Å²) in [7, 11) is 0. The maximum Gasteiger partial charge on any atom is 0.229 e. The lowest BCUT2D eigenvalue weighted by Crippen LogP contribution is -2.47. The molecule has 0 spiro atoms. The minimum Gasteiger partial charge on any atom is -0.399 e. The molecule has 3 aromatic rings. The summed E-state index contributed by atoms with van der Waals surface area (Å²) in [5.74, 6) is 1.25. The van der Waals surface area contributed by atoms with Crippen LogP contribution in [0.1, 0.15) is 30.9 Å². The second kappa shape index (κ2) is 8.48. The molecule has 1 aliphatic rings. The van der Waals surface area contributed by atoms with Gasteiger partial charge in [-0.15, -0.1) is 0 Å². The lowest BCUT2D eigenvalue weighted by Gasteiger charge is -2.34. The van der Waals surface area contributed by atoms with E-state index < -0.39 is 0 Å². The summed E-state index contributed by atoms with van der Waals surface area (Å²) in [5.41, 5.74) is 9.46. The normalized spacial score (nSPS) is 16.0. The zero-order chi connectivity index (χ0) is 22.0. The molecule has 0 saturated carbocycles. The van der Waals surface area contributed by atoms with Gasteiger partial charge < -0.3 is 21.3 Å². The molecule has 0 bridgehead atoms. The third kappa shape index (κ3) is 4.51. The van der Waals surface area contributed by atoms with Crippen molar-refractivity contribution in [3.63, 3.8) is 0 Å². The largest absolute Gasteiger partial charge is 0.399 e. The molecule has 1 unspecified atom stereocenters. The fourth-order valence-corrected chi connectivity index (χ4v) is 4.07. The van der Waals surface area contributed by atoms with Crippen molar-refractivity contribution in [2.75, 3.05) is 29.0 Å². The second-order valence-electron chi connectivity index (χ2n) is 7.91. The molecule has 1 saturated heterocycles. The number of rotatable bonds is 4. The first-order valence-electron chi connectivity index (χ1n) is 10.3. The van der Waals surface area contributed by atoms with E-state index in [0.717, 1.165) is 41.7 Å². The Hall–Kier alpha value is -3.86. The number of nitrogens with two attached hydrogens (primary N) is 1. The maximum atomic E-state index is 11.6. The number of fused-ring (bicyclic) bond motifs is 1. The molecule has 2 aromatic carbocycles. The Kier molecular flexibility index (Phi) is 5.58. The van der Waals surface area contributed by atoms with Crippen molar-refractivity contribution < 1.29 is 4.79 Å². The molecule has 1 fully saturated rings. The van der Waals surface area contributed by atoms with E-state index in [1.807, 2.05) is 25.1 Å². The van der Waals surface area contributed by atoms with Gasteiger partial charge in [0.15, 0.2) is 0 Å². The van der Waals surface area contributed by atoms with Gasteiger partial charge in [-0.05, 0) is 49.6 Å². The Labute approximate surface area is 181 Å². The molecule has 1 atom stereocenters. The van der Waals surface area contributed by atoms with Crippen LogP contribution in [0.5, 0.6) is 0 Å². The summed E-state index contributed by atoms with van der Waals surface area (Å²) < 4.78 is 0. The molecular formula is C23H25N7O. The second-order valence-corrected chi connectivity index (χ2v) is 7.91. The highest BCUT2D eigenvalue weighted by Crippen LogP contribution is 2.30. The van der Waals surface area contributed by atoms with Crippen LogP contribution in [0.4, 0.5) is 23.1 Å². The van der Waals surface area contributed by atoms with E-state index in [9.17, 15) is 10.1 Å². The van der Waals surface area contributed by atoms with Gasteiger partial charge in [0.1, 0.15) is 5.82 Å². The number of nitriles is 1. The molecule has 8 heteroatoms. The Bertz CT molecular complexity index is 1180. The average molecular weight is 416 g/mol. The van der Waals surface area contributed by atoms with Crippen LogP contribution in [0.3, 0.4) is 0 Å². The van der Waals surface area contributed by atoms with E-state index in [0.29, 0.717) is 29.4 Å². The Morgan fingerprint density at radius 3 is 2.90 bits per heavy atom. The van der Waals surface area contributed by atoms with Gasteiger partial charge in [0, 0.05) is 42.8 Å². The van der Waals surface area contributed by atoms with E-state index in [1.54, 1.807) is 25.1 Å². The van der Waals surface area contributed by atoms with E-state index in [4.69, 9.17) is 15.7 Å². The summed E-state index contributed by atoms with van der Waals surface area (Å²) in [6.07, 6.45) is 1.91. The molecule has 4 N–H and O–H groups in total. The molecule has 1 amide bonds. The number of hydrogen-bond acceptors (Lipinski definition) is 7. The number of carbonyl (C=O) groups is 1. The van der Waals surface area contributed by atoms with E-state index in [2.05, 4.69) is 21.6 Å². The number of para-hydroxylation sites is 1. The number of amides is 1. The topological polar surface area (TPSA) is 120 Å². The summed E-state index contributed by atoms with van der Waals surface area (Å²) in [6.45, 7) is 5.11. The Morgan fingerprint density at radius 1 is 1.29 bits per heavy atom. The number of nitrogens with zero attached hydrogens (tertiary/aromatic N) is 4. The number of aromatic nitrogens is 2. The molecule has 4 rings (SSSR count). The maximum absolute atomic E-state index is 11.6. The molecule has 0 radical (unpaired) electrons. The number of hydrogen-bond donors (Lipinski definition) is 3. The molecule has 2 heterocycles. The van der Waals surface area contributed by atoms with Crippen LogP contribution in [0.15, 0.2) is 36.4 Å². The fourth-order valence-electron chi connectivity index (χ4n) is 4.07. The van der Waals surface area contributed by atoms with Gasteiger partial charge in [-0.1, -0.05) is 12.1 Å². The smallest absolute Gasteiger partial charge is 0.229 e. The van der Waals surface area contributed by atoms with Crippen LogP contribution in [-0.4, -0.2) is 35.0 Å². The highest BCUT2D eigenvalue weighted by atomic mass is 16.1. The molecule has 8 nitrogen and oxygen atoms in total. The highest BCUT2D eigenvalue weighted by molar-refractivity contribution is 5.93. The van der Waals surface area contributed by atoms with E-state index >= 15 is 0 Å². The molecule has 1 aromatic heterocycles. The van der Waals surface area contributed by atoms with E-state index in [1.165, 1.54) is 0 Å². The number of nitrogen functional groups attached to an aromatic ring is 1. The van der Waals surface area contributed by atoms with Crippen molar-refractivity contribution in [1.29, 1.82) is 5.26 Å². The van der Waals surface area contributed by atoms with Gasteiger partial charge in [-0.2, -0.15) is 10.2 Å². The monoisotopic (exact) mass is 415 g/mol. The highest BCUT2D eigenvalue weighted by Gasteiger charge is 2.24. The molecular weight excluding hydrogens is 390 g/mol. The Morgan fingerprint density at radius 2 is 2.13 bits per heavy atom. The molecule has 0 aliphatic carbocycles. The van der Waals surface area contributed by atoms with Crippen LogP contribution < -0.4 is 21.3 Å². The van der Waals surface area contributed by atoms with Crippen LogP contribution in [0, 0.1) is 18.3 Å². The number of piperidine rings is 1. The zero-order valence-corrected chi connectivity index (χ0v) is 17.6. The van der Waals surface area contributed by atoms with Gasteiger partial charge in [0.05, 0.1) is 17.1 Å². The van der Waals surface area contributed by atoms with Crippen molar-refractivity contribution in [3.05, 3.63) is 47.5 Å². The number of aryl methyl sites for hydroxylation is 1. The summed E-state index contributed by atoms with van der Waals surface area (Å²) in [6, 6.07) is 13.3. The number of anilines is 4. The zero-order valence-electron chi connectivity index (χ0n) is 17.6. The van der Waals surface area contributed by atoms with Crippen molar-refractivity contribution in [3.8, 4) is 6.07 Å². The van der Waals surface area contributed by atoms with Gasteiger partial charge in [0.25, 0.3) is 0 Å². The van der Waals surface area contributed by atoms with Crippen molar-refractivity contribution in [1.82, 2.24) is 15.3 Å². The van der Waals surface area contributed by atoms with Crippen molar-refractivity contribution >= 4 is 40.0 Å². The summed E-state index contributed by atoms with van der Waals surface area (Å²) in [4.78, 5) is 23.3. The minimum absolute atomic E-state index is 0.0208. The van der Waals surface area contributed by atoms with Gasteiger partial charge in [-0.25, -0.2) is 4.98 Å². The summed E-state index contributed by atoms with van der Waals surface area (Å²) in [5, 5.41) is 16.4. The molecule has 158 valence electrons. The lowest BCUT2D eigenvalue weighted by molar-refractivity contribution is -0.119. The number of nitrogens with one attached hydrogen (secondary N) is 2. The van der Waals surface area contributed by atoms with Gasteiger partial charge in [0.2, 0.25) is 11.9 Å². The third-order valence-electron chi connectivity index (χ3n) is 5.38. The van der Waals surface area contributed by atoms with E-state index in [-0.39, 0.29) is 11.9 Å². The lowest BCUT2D eigenvalue weighted by atomic mass is 10.0. The van der Waals surface area contributed by atoms with Crippen molar-refractivity contribution in [2.45, 2.75) is 32.7 Å².